The highest BCUT2D eigenvalue weighted by Gasteiger charge is 2.31. The molecule has 2 aromatic rings. The van der Waals surface area contributed by atoms with Gasteiger partial charge in [0, 0.05) is 22.1 Å². The zero-order valence-electron chi connectivity index (χ0n) is 12.8. The SMILES string of the molecule is Cc1cc(C(C)NC2CC(c3cccc(Br)c3)C2)c(C)o1. The lowest BCUT2D eigenvalue weighted by molar-refractivity contribution is 0.270. The third-order valence-corrected chi connectivity index (χ3v) is 4.98. The van der Waals surface area contributed by atoms with E-state index < -0.39 is 0 Å². The molecule has 0 aliphatic heterocycles. The van der Waals surface area contributed by atoms with Gasteiger partial charge < -0.3 is 9.73 Å². The topological polar surface area (TPSA) is 25.2 Å². The molecule has 1 aromatic carbocycles. The summed E-state index contributed by atoms with van der Waals surface area (Å²) in [7, 11) is 0. The third kappa shape index (κ3) is 3.24. The second-order valence-electron chi connectivity index (χ2n) is 6.18. The van der Waals surface area contributed by atoms with Crippen LogP contribution >= 0.6 is 15.9 Å². The highest BCUT2D eigenvalue weighted by Crippen LogP contribution is 2.38. The average molecular weight is 348 g/mol. The maximum Gasteiger partial charge on any atom is 0.105 e. The zero-order valence-corrected chi connectivity index (χ0v) is 14.4. The number of nitrogens with one attached hydrogen (secondary N) is 1. The number of hydrogen-bond acceptors (Lipinski definition) is 2. The Labute approximate surface area is 135 Å². The van der Waals surface area contributed by atoms with Gasteiger partial charge in [0.15, 0.2) is 0 Å². The summed E-state index contributed by atoms with van der Waals surface area (Å²) in [5, 5.41) is 3.73. The molecule has 0 spiro atoms. The molecule has 1 heterocycles. The van der Waals surface area contributed by atoms with Gasteiger partial charge in [0.1, 0.15) is 11.5 Å². The van der Waals surface area contributed by atoms with Crippen LogP contribution in [0.3, 0.4) is 0 Å². The Hall–Kier alpha value is -1.06. The van der Waals surface area contributed by atoms with Crippen molar-refractivity contribution in [1.29, 1.82) is 0 Å². The first kappa shape index (κ1) is 14.9. The summed E-state index contributed by atoms with van der Waals surface area (Å²) >= 11 is 3.55. The Bertz CT molecular complexity index is 628. The average Bonchev–Trinajstić information content (AvgIpc) is 2.72. The molecule has 112 valence electrons. The largest absolute Gasteiger partial charge is 0.466 e. The molecular formula is C18H22BrNO. The molecule has 0 amide bonds. The molecule has 1 saturated carbocycles. The fraction of sp³-hybridized carbons (Fsp3) is 0.444. The van der Waals surface area contributed by atoms with Crippen LogP contribution in [0, 0.1) is 13.8 Å². The van der Waals surface area contributed by atoms with Gasteiger partial charge in [-0.2, -0.15) is 0 Å². The van der Waals surface area contributed by atoms with Crippen molar-refractivity contribution >= 4 is 15.9 Å². The van der Waals surface area contributed by atoms with E-state index in [-0.39, 0.29) is 0 Å². The second-order valence-corrected chi connectivity index (χ2v) is 7.09. The van der Waals surface area contributed by atoms with E-state index in [1.807, 2.05) is 13.8 Å². The molecule has 1 unspecified atom stereocenters. The molecule has 0 radical (unpaired) electrons. The summed E-state index contributed by atoms with van der Waals surface area (Å²) in [6.07, 6.45) is 2.44. The van der Waals surface area contributed by atoms with Crippen LogP contribution in [0.2, 0.25) is 0 Å². The van der Waals surface area contributed by atoms with E-state index in [9.17, 15) is 0 Å². The molecule has 1 aliphatic rings. The molecule has 0 saturated heterocycles. The zero-order chi connectivity index (χ0) is 15.0. The van der Waals surface area contributed by atoms with Gasteiger partial charge >= 0.3 is 0 Å². The Morgan fingerprint density at radius 3 is 2.62 bits per heavy atom. The first-order valence-corrected chi connectivity index (χ1v) is 8.40. The van der Waals surface area contributed by atoms with E-state index in [1.54, 1.807) is 0 Å². The van der Waals surface area contributed by atoms with Gasteiger partial charge in [-0.3, -0.25) is 0 Å². The summed E-state index contributed by atoms with van der Waals surface area (Å²) in [5.41, 5.74) is 2.74. The van der Waals surface area contributed by atoms with Crippen molar-refractivity contribution in [2.45, 2.75) is 51.6 Å². The Morgan fingerprint density at radius 1 is 1.24 bits per heavy atom. The van der Waals surface area contributed by atoms with E-state index >= 15 is 0 Å². The molecule has 3 heteroatoms. The molecular weight excluding hydrogens is 326 g/mol. The smallest absolute Gasteiger partial charge is 0.105 e. The fourth-order valence-electron chi connectivity index (χ4n) is 3.31. The van der Waals surface area contributed by atoms with Crippen LogP contribution in [0.1, 0.15) is 54.4 Å². The van der Waals surface area contributed by atoms with Crippen molar-refractivity contribution in [3.8, 4) is 0 Å². The van der Waals surface area contributed by atoms with Crippen LogP contribution in [0.25, 0.3) is 0 Å². The van der Waals surface area contributed by atoms with Crippen molar-refractivity contribution in [3.63, 3.8) is 0 Å². The van der Waals surface area contributed by atoms with Gasteiger partial charge in [-0.25, -0.2) is 0 Å². The number of rotatable bonds is 4. The minimum absolute atomic E-state index is 0.357. The van der Waals surface area contributed by atoms with Crippen LogP contribution in [-0.2, 0) is 0 Å². The third-order valence-electron chi connectivity index (χ3n) is 4.49. The van der Waals surface area contributed by atoms with E-state index in [0.29, 0.717) is 18.0 Å². The van der Waals surface area contributed by atoms with Gasteiger partial charge in [-0.05, 0) is 63.3 Å². The van der Waals surface area contributed by atoms with Crippen molar-refractivity contribution in [3.05, 3.63) is 57.5 Å². The fourth-order valence-corrected chi connectivity index (χ4v) is 3.73. The monoisotopic (exact) mass is 347 g/mol. The van der Waals surface area contributed by atoms with Gasteiger partial charge in [-0.1, -0.05) is 28.1 Å². The number of halogens is 1. The highest BCUT2D eigenvalue weighted by atomic mass is 79.9. The lowest BCUT2D eigenvalue weighted by Crippen LogP contribution is -2.41. The molecule has 1 atom stereocenters. The van der Waals surface area contributed by atoms with Gasteiger partial charge in [0.05, 0.1) is 0 Å². The predicted molar refractivity (Wildman–Crippen MR) is 89.6 cm³/mol. The summed E-state index contributed by atoms with van der Waals surface area (Å²) in [6, 6.07) is 11.8. The highest BCUT2D eigenvalue weighted by molar-refractivity contribution is 9.10. The van der Waals surface area contributed by atoms with Crippen LogP contribution in [-0.4, -0.2) is 6.04 Å². The molecule has 1 N–H and O–H groups in total. The number of benzene rings is 1. The summed E-state index contributed by atoms with van der Waals surface area (Å²) < 4.78 is 6.80. The minimum Gasteiger partial charge on any atom is -0.466 e. The van der Waals surface area contributed by atoms with Crippen molar-refractivity contribution in [1.82, 2.24) is 5.32 Å². The predicted octanol–water partition coefficient (Wildman–Crippen LogP) is 5.26. The maximum atomic E-state index is 5.63. The summed E-state index contributed by atoms with van der Waals surface area (Å²) in [4.78, 5) is 0. The van der Waals surface area contributed by atoms with E-state index in [2.05, 4.69) is 58.5 Å². The number of aryl methyl sites for hydroxylation is 2. The molecule has 21 heavy (non-hydrogen) atoms. The van der Waals surface area contributed by atoms with Crippen LogP contribution < -0.4 is 5.32 Å². The Morgan fingerprint density at radius 2 is 2.00 bits per heavy atom. The summed E-state index contributed by atoms with van der Waals surface area (Å²) in [5.74, 6) is 2.73. The maximum absolute atomic E-state index is 5.63. The van der Waals surface area contributed by atoms with Gasteiger partial charge in [0.25, 0.3) is 0 Å². The Balaban J connectivity index is 1.56. The van der Waals surface area contributed by atoms with Gasteiger partial charge in [-0.15, -0.1) is 0 Å². The van der Waals surface area contributed by atoms with Crippen molar-refractivity contribution in [2.24, 2.45) is 0 Å². The molecule has 3 rings (SSSR count). The van der Waals surface area contributed by atoms with Crippen LogP contribution in [0.15, 0.2) is 39.2 Å². The van der Waals surface area contributed by atoms with Crippen molar-refractivity contribution < 1.29 is 4.42 Å². The van der Waals surface area contributed by atoms with Gasteiger partial charge in [0.2, 0.25) is 0 Å². The normalized spacial score (nSPS) is 22.9. The lowest BCUT2D eigenvalue weighted by Gasteiger charge is -2.38. The number of furan rings is 1. The van der Waals surface area contributed by atoms with E-state index in [0.717, 1.165) is 11.5 Å². The first-order chi connectivity index (χ1) is 10.0. The molecule has 1 aliphatic carbocycles. The summed E-state index contributed by atoms with van der Waals surface area (Å²) in [6.45, 7) is 6.28. The molecule has 1 aromatic heterocycles. The minimum atomic E-state index is 0.357. The quantitative estimate of drug-likeness (QED) is 0.816. The van der Waals surface area contributed by atoms with Crippen molar-refractivity contribution in [2.75, 3.05) is 0 Å². The molecule has 1 fully saturated rings. The second kappa shape index (κ2) is 5.98. The standard InChI is InChI=1S/C18H22BrNO/c1-11-7-18(13(3)21-11)12(2)20-17-9-15(10-17)14-5-4-6-16(19)8-14/h4-8,12,15,17,20H,9-10H2,1-3H3. The Kier molecular flexibility index (Phi) is 4.23. The number of hydrogen-bond donors (Lipinski definition) is 1. The van der Waals surface area contributed by atoms with E-state index in [4.69, 9.17) is 4.42 Å². The molecule has 2 nitrogen and oxygen atoms in total. The molecule has 0 bridgehead atoms. The van der Waals surface area contributed by atoms with Crippen LogP contribution in [0.4, 0.5) is 0 Å². The van der Waals surface area contributed by atoms with Crippen LogP contribution in [0.5, 0.6) is 0 Å². The first-order valence-electron chi connectivity index (χ1n) is 7.61. The van der Waals surface area contributed by atoms with E-state index in [1.165, 1.54) is 28.4 Å². The lowest BCUT2D eigenvalue weighted by atomic mass is 9.75.